The molecule has 0 saturated carbocycles. The predicted octanol–water partition coefficient (Wildman–Crippen LogP) is 0.395. The van der Waals surface area contributed by atoms with Crippen molar-refractivity contribution in [2.45, 2.75) is 0 Å². The molecule has 1 aliphatic rings. The summed E-state index contributed by atoms with van der Waals surface area (Å²) in [7, 11) is 0. The zero-order valence-electron chi connectivity index (χ0n) is 7.27. The summed E-state index contributed by atoms with van der Waals surface area (Å²) in [4.78, 5) is 0. The van der Waals surface area contributed by atoms with Crippen LogP contribution in [0.1, 0.15) is 0 Å². The quantitative estimate of drug-likeness (QED) is 0.559. The summed E-state index contributed by atoms with van der Waals surface area (Å²) >= 11 is 0. The van der Waals surface area contributed by atoms with Crippen molar-refractivity contribution in [1.29, 1.82) is 0 Å². The maximum Gasteiger partial charge on any atom is 0.233 e. The number of hydrogen-bond acceptors (Lipinski definition) is 1. The minimum absolute atomic E-state index is 1.07. The van der Waals surface area contributed by atoms with Crippen molar-refractivity contribution in [2.24, 2.45) is 0 Å². The van der Waals surface area contributed by atoms with E-state index in [1.165, 1.54) is 0 Å². The minimum Gasteiger partial charge on any atom is -0.356 e. The molecule has 1 aromatic heterocycles. The predicted molar refractivity (Wildman–Crippen MR) is 51.8 cm³/mol. The third-order valence-corrected chi connectivity index (χ3v) is 1.93. The van der Waals surface area contributed by atoms with E-state index in [0.717, 1.165) is 11.0 Å². The van der Waals surface area contributed by atoms with Gasteiger partial charge in [0.05, 0.1) is 0 Å². The van der Waals surface area contributed by atoms with Gasteiger partial charge in [-0.15, -0.1) is 0 Å². The Morgan fingerprint density at radius 1 is 1.23 bits per heavy atom. The smallest absolute Gasteiger partial charge is 0.233 e. The van der Waals surface area contributed by atoms with Gasteiger partial charge in [0.25, 0.3) is 0 Å². The number of aromatic nitrogens is 1. The van der Waals surface area contributed by atoms with E-state index in [1.54, 1.807) is 0 Å². The van der Waals surface area contributed by atoms with Gasteiger partial charge in [0.2, 0.25) is 5.35 Å². The molecule has 0 unspecified atom stereocenters. The highest BCUT2D eigenvalue weighted by Gasteiger charge is 1.99. The summed E-state index contributed by atoms with van der Waals surface area (Å²) < 4.78 is 1.84. The van der Waals surface area contributed by atoms with E-state index < -0.39 is 0 Å². The van der Waals surface area contributed by atoms with Crippen molar-refractivity contribution in [2.75, 3.05) is 0 Å². The van der Waals surface area contributed by atoms with Crippen molar-refractivity contribution in [1.82, 2.24) is 5.32 Å². The first kappa shape index (κ1) is 7.80. The first-order valence-electron chi connectivity index (χ1n) is 4.16. The molecule has 0 atom stereocenters. The Kier molecular flexibility index (Phi) is 1.96. The zero-order chi connectivity index (χ0) is 9.10. The topological polar surface area (TPSA) is 17.9 Å². The van der Waals surface area contributed by atoms with Crippen molar-refractivity contribution in [3.8, 4) is 0 Å². The molecule has 0 aromatic carbocycles. The summed E-state index contributed by atoms with van der Waals surface area (Å²) in [5.74, 6) is 0. The summed E-state index contributed by atoms with van der Waals surface area (Å²) in [5.41, 5.74) is 1.07. The number of dihydropyridines is 1. The zero-order valence-corrected chi connectivity index (χ0v) is 7.27. The van der Waals surface area contributed by atoms with E-state index in [0.29, 0.717) is 0 Å². The van der Waals surface area contributed by atoms with Gasteiger partial charge in [0, 0.05) is 18.3 Å². The van der Waals surface area contributed by atoms with Crippen molar-refractivity contribution in [3.63, 3.8) is 0 Å². The monoisotopic (exact) mass is 171 g/mol. The highest BCUT2D eigenvalue weighted by molar-refractivity contribution is 5.56. The van der Waals surface area contributed by atoms with E-state index in [-0.39, 0.29) is 0 Å². The number of allylic oxidation sites excluding steroid dienone is 2. The minimum atomic E-state index is 1.07. The van der Waals surface area contributed by atoms with Gasteiger partial charge in [-0.1, -0.05) is 6.08 Å². The van der Waals surface area contributed by atoms with Gasteiger partial charge in [-0.05, 0) is 18.2 Å². The first-order valence-corrected chi connectivity index (χ1v) is 4.16. The van der Waals surface area contributed by atoms with Crippen LogP contribution in [0.2, 0.25) is 0 Å². The van der Waals surface area contributed by atoms with Crippen LogP contribution < -0.4 is 14.9 Å². The Hall–Kier alpha value is -1.83. The van der Waals surface area contributed by atoms with Crippen molar-refractivity contribution < 1.29 is 4.24 Å². The molecule has 0 amide bonds. The molecular weight excluding hydrogens is 160 g/mol. The average molecular weight is 171 g/mol. The van der Waals surface area contributed by atoms with Crippen LogP contribution in [0.25, 0.3) is 5.70 Å². The molecule has 64 valence electrons. The third-order valence-electron chi connectivity index (χ3n) is 1.93. The largest absolute Gasteiger partial charge is 0.356 e. The second kappa shape index (κ2) is 3.27. The maximum absolute atomic E-state index is 3.89. The fraction of sp³-hybridized carbons (Fsp3) is 0. The van der Waals surface area contributed by atoms with Crippen LogP contribution >= 0.6 is 0 Å². The maximum atomic E-state index is 3.89. The molecule has 0 radical (unpaired) electrons. The second-order valence-corrected chi connectivity index (χ2v) is 2.83. The summed E-state index contributed by atoms with van der Waals surface area (Å²) in [6, 6.07) is 5.98. The molecule has 0 fully saturated rings. The van der Waals surface area contributed by atoms with Crippen LogP contribution in [0.15, 0.2) is 48.8 Å². The molecule has 0 spiro atoms. The van der Waals surface area contributed by atoms with Gasteiger partial charge in [0.15, 0.2) is 6.20 Å². The summed E-state index contributed by atoms with van der Waals surface area (Å²) in [6.45, 7) is 3.89. The molecule has 2 nitrogen and oxygen atoms in total. The SMILES string of the molecule is C=[n+]1ccccc1=C1C=CC=CN1. The molecule has 1 aliphatic heterocycles. The molecular formula is C11H11N2+. The Morgan fingerprint density at radius 3 is 2.85 bits per heavy atom. The lowest BCUT2D eigenvalue weighted by atomic mass is 10.3. The number of nitrogens with zero attached hydrogens (tertiary/aromatic N) is 1. The molecule has 2 rings (SSSR count). The summed E-state index contributed by atoms with van der Waals surface area (Å²) in [5, 5.41) is 4.24. The lowest BCUT2D eigenvalue weighted by Gasteiger charge is -2.01. The van der Waals surface area contributed by atoms with Crippen LogP contribution in [0.5, 0.6) is 0 Å². The molecule has 0 bridgehead atoms. The molecule has 1 aromatic rings. The molecule has 0 saturated heterocycles. The third kappa shape index (κ3) is 1.51. The van der Waals surface area contributed by atoms with E-state index in [1.807, 2.05) is 53.1 Å². The van der Waals surface area contributed by atoms with Gasteiger partial charge in [-0.3, -0.25) is 0 Å². The van der Waals surface area contributed by atoms with E-state index in [4.69, 9.17) is 0 Å². The molecule has 2 heteroatoms. The van der Waals surface area contributed by atoms with E-state index in [9.17, 15) is 0 Å². The Balaban J connectivity index is 2.68. The number of nitrogens with one attached hydrogen (secondary N) is 1. The Morgan fingerprint density at radius 2 is 2.15 bits per heavy atom. The molecule has 0 aliphatic carbocycles. The number of hydrogen-bond donors (Lipinski definition) is 1. The van der Waals surface area contributed by atoms with Crippen LogP contribution in [-0.2, 0) is 0 Å². The van der Waals surface area contributed by atoms with Crippen LogP contribution in [0.3, 0.4) is 0 Å². The van der Waals surface area contributed by atoms with Gasteiger partial charge >= 0.3 is 0 Å². The fourth-order valence-electron chi connectivity index (χ4n) is 1.27. The second-order valence-electron chi connectivity index (χ2n) is 2.83. The van der Waals surface area contributed by atoms with Crippen molar-refractivity contribution >= 4 is 5.70 Å². The van der Waals surface area contributed by atoms with Gasteiger partial charge in [-0.2, -0.15) is 4.24 Å². The van der Waals surface area contributed by atoms with E-state index >= 15 is 0 Å². The lowest BCUT2D eigenvalue weighted by Crippen LogP contribution is -2.38. The molecule has 1 N–H and O–H groups in total. The lowest BCUT2D eigenvalue weighted by molar-refractivity contribution is -0.514. The Labute approximate surface area is 76.9 Å². The highest BCUT2D eigenvalue weighted by Crippen LogP contribution is 1.95. The standard InChI is InChI=1S/C11H11N2/c1-13-9-5-3-7-11(13)10-6-2-4-8-12-10/h2-9,12H,1H2/q+1. The normalized spacial score (nSPS) is 18.5. The average Bonchev–Trinajstić information content (AvgIpc) is 2.20. The van der Waals surface area contributed by atoms with Crippen LogP contribution in [0.4, 0.5) is 0 Å². The van der Waals surface area contributed by atoms with Gasteiger partial charge in [-0.25, -0.2) is 0 Å². The Bertz CT molecular complexity index is 469. The van der Waals surface area contributed by atoms with Crippen LogP contribution in [-0.4, -0.2) is 0 Å². The van der Waals surface area contributed by atoms with Gasteiger partial charge < -0.3 is 5.32 Å². The number of pyridine rings is 1. The fourth-order valence-corrected chi connectivity index (χ4v) is 1.27. The molecule has 13 heavy (non-hydrogen) atoms. The summed E-state index contributed by atoms with van der Waals surface area (Å²) in [6.07, 6.45) is 9.81. The molecule has 2 heterocycles. The highest BCUT2D eigenvalue weighted by atomic mass is 14.9. The number of rotatable bonds is 0. The van der Waals surface area contributed by atoms with Gasteiger partial charge in [0.1, 0.15) is 12.4 Å². The first-order chi connectivity index (χ1) is 6.38. The van der Waals surface area contributed by atoms with Crippen molar-refractivity contribution in [3.05, 3.63) is 60.9 Å². The van der Waals surface area contributed by atoms with Crippen LogP contribution in [0, 0.1) is 6.72 Å². The van der Waals surface area contributed by atoms with E-state index in [2.05, 4.69) is 12.0 Å².